The minimum atomic E-state index is -1.20. The zero-order valence-electron chi connectivity index (χ0n) is 7.40. The number of aliphatic hydroxyl groups is 4. The van der Waals surface area contributed by atoms with Crippen LogP contribution in [0.25, 0.3) is 0 Å². The number of aliphatic hydroxyl groups excluding tert-OH is 3. The molecule has 0 amide bonds. The van der Waals surface area contributed by atoms with E-state index >= 15 is 0 Å². The van der Waals surface area contributed by atoms with Gasteiger partial charge in [-0.2, -0.15) is 0 Å². The molecule has 0 aliphatic carbocycles. The van der Waals surface area contributed by atoms with Gasteiger partial charge < -0.3 is 20.4 Å². The maximum atomic E-state index is 9.57. The van der Waals surface area contributed by atoms with Crippen LogP contribution < -0.4 is 0 Å². The summed E-state index contributed by atoms with van der Waals surface area (Å²) in [6.07, 6.45) is 0.0348. The predicted molar refractivity (Wildman–Crippen MR) is 44.7 cm³/mol. The number of rotatable bonds is 6. The van der Waals surface area contributed by atoms with Crippen LogP contribution >= 0.6 is 0 Å². The molecule has 0 radical (unpaired) electrons. The summed E-state index contributed by atoms with van der Waals surface area (Å²) in [4.78, 5) is 0. The van der Waals surface area contributed by atoms with Crippen LogP contribution in [0, 0.1) is 0 Å². The van der Waals surface area contributed by atoms with Crippen molar-refractivity contribution < 1.29 is 20.4 Å². The molecule has 0 aliphatic heterocycles. The topological polar surface area (TPSA) is 80.9 Å². The minimum absolute atomic E-state index is 0.00198. The molecule has 0 aromatic carbocycles. The molecule has 4 N–H and O–H groups in total. The average molecular weight is 178 g/mol. The zero-order chi connectivity index (χ0) is 9.61. The van der Waals surface area contributed by atoms with Gasteiger partial charge in [-0.15, -0.1) is 0 Å². The third-order valence-electron chi connectivity index (χ3n) is 1.96. The highest BCUT2D eigenvalue weighted by Gasteiger charge is 2.28. The summed E-state index contributed by atoms with van der Waals surface area (Å²) >= 11 is 0. The summed E-state index contributed by atoms with van der Waals surface area (Å²) in [5.41, 5.74) is -1.20. The smallest absolute Gasteiger partial charge is 0.0879 e. The van der Waals surface area contributed by atoms with Crippen molar-refractivity contribution in [3.8, 4) is 0 Å². The molecule has 4 nitrogen and oxygen atoms in total. The Balaban J connectivity index is 3.81. The molecule has 2 unspecified atom stereocenters. The first-order valence-corrected chi connectivity index (χ1v) is 4.16. The lowest BCUT2D eigenvalue weighted by atomic mass is 9.92. The first-order chi connectivity index (χ1) is 5.54. The fourth-order valence-corrected chi connectivity index (χ4v) is 1.04. The Morgan fingerprint density at radius 2 is 1.83 bits per heavy atom. The van der Waals surface area contributed by atoms with Crippen LogP contribution in [0.15, 0.2) is 0 Å². The van der Waals surface area contributed by atoms with E-state index in [0.29, 0.717) is 12.8 Å². The molecule has 74 valence electrons. The van der Waals surface area contributed by atoms with Gasteiger partial charge in [0, 0.05) is 13.2 Å². The largest absolute Gasteiger partial charge is 0.396 e. The SMILES string of the molecule is CC(O)(CCCO)C(O)CCO. The highest BCUT2D eigenvalue weighted by molar-refractivity contribution is 4.81. The van der Waals surface area contributed by atoms with E-state index in [1.807, 2.05) is 0 Å². The van der Waals surface area contributed by atoms with E-state index < -0.39 is 11.7 Å². The van der Waals surface area contributed by atoms with Crippen molar-refractivity contribution in [2.75, 3.05) is 13.2 Å². The first-order valence-electron chi connectivity index (χ1n) is 4.16. The van der Waals surface area contributed by atoms with E-state index in [-0.39, 0.29) is 19.6 Å². The zero-order valence-corrected chi connectivity index (χ0v) is 7.40. The molecular formula is C8H18O4. The van der Waals surface area contributed by atoms with Crippen LogP contribution in [0.3, 0.4) is 0 Å². The van der Waals surface area contributed by atoms with Gasteiger partial charge >= 0.3 is 0 Å². The molecule has 0 saturated carbocycles. The summed E-state index contributed by atoms with van der Waals surface area (Å²) in [5.74, 6) is 0. The van der Waals surface area contributed by atoms with Crippen molar-refractivity contribution in [3.05, 3.63) is 0 Å². The number of hydrogen-bond donors (Lipinski definition) is 4. The van der Waals surface area contributed by atoms with Crippen LogP contribution in [-0.4, -0.2) is 45.3 Å². The molecule has 0 aromatic rings. The Hall–Kier alpha value is -0.160. The monoisotopic (exact) mass is 178 g/mol. The van der Waals surface area contributed by atoms with Gasteiger partial charge in [0.05, 0.1) is 11.7 Å². The average Bonchev–Trinajstić information content (AvgIpc) is 2.01. The molecular weight excluding hydrogens is 160 g/mol. The van der Waals surface area contributed by atoms with Crippen molar-refractivity contribution in [2.45, 2.75) is 37.9 Å². The van der Waals surface area contributed by atoms with E-state index in [2.05, 4.69) is 0 Å². The quantitative estimate of drug-likeness (QED) is 0.431. The van der Waals surface area contributed by atoms with Crippen molar-refractivity contribution >= 4 is 0 Å². The molecule has 0 heterocycles. The van der Waals surface area contributed by atoms with Gasteiger partial charge in [-0.25, -0.2) is 0 Å². The van der Waals surface area contributed by atoms with Crippen molar-refractivity contribution in [3.63, 3.8) is 0 Å². The lowest BCUT2D eigenvalue weighted by Gasteiger charge is -2.28. The fourth-order valence-electron chi connectivity index (χ4n) is 1.04. The van der Waals surface area contributed by atoms with Crippen molar-refractivity contribution in [1.82, 2.24) is 0 Å². The van der Waals surface area contributed by atoms with Gasteiger partial charge in [0.25, 0.3) is 0 Å². The summed E-state index contributed by atoms with van der Waals surface area (Å²) in [6, 6.07) is 0. The van der Waals surface area contributed by atoms with Gasteiger partial charge in [0.15, 0.2) is 0 Å². The van der Waals surface area contributed by atoms with Crippen molar-refractivity contribution in [2.24, 2.45) is 0 Å². The molecule has 0 aromatic heterocycles. The summed E-state index contributed by atoms with van der Waals surface area (Å²) in [6.45, 7) is 1.36. The van der Waals surface area contributed by atoms with Crippen LogP contribution in [0.2, 0.25) is 0 Å². The maximum absolute atomic E-state index is 9.57. The van der Waals surface area contributed by atoms with Gasteiger partial charge in [0.1, 0.15) is 0 Å². The Morgan fingerprint density at radius 1 is 1.25 bits per heavy atom. The van der Waals surface area contributed by atoms with Gasteiger partial charge in [-0.1, -0.05) is 0 Å². The summed E-state index contributed by atoms with van der Waals surface area (Å²) in [5, 5.41) is 35.9. The van der Waals surface area contributed by atoms with Crippen LogP contribution in [0.1, 0.15) is 26.2 Å². The lowest BCUT2D eigenvalue weighted by Crippen LogP contribution is -2.39. The molecule has 0 rings (SSSR count). The van der Waals surface area contributed by atoms with E-state index in [9.17, 15) is 10.2 Å². The second kappa shape index (κ2) is 5.48. The highest BCUT2D eigenvalue weighted by atomic mass is 16.3. The Morgan fingerprint density at radius 3 is 2.25 bits per heavy atom. The van der Waals surface area contributed by atoms with E-state index in [0.717, 1.165) is 0 Å². The highest BCUT2D eigenvalue weighted by Crippen LogP contribution is 2.18. The standard InChI is InChI=1S/C8H18O4/c1-8(12,4-2-5-9)7(11)3-6-10/h7,9-12H,2-6H2,1H3. The first kappa shape index (κ1) is 11.8. The molecule has 0 fully saturated rings. The Labute approximate surface area is 72.5 Å². The maximum Gasteiger partial charge on any atom is 0.0879 e. The molecule has 2 atom stereocenters. The van der Waals surface area contributed by atoms with Gasteiger partial charge in [-0.3, -0.25) is 0 Å². The van der Waals surface area contributed by atoms with E-state index in [1.54, 1.807) is 0 Å². The third-order valence-corrected chi connectivity index (χ3v) is 1.96. The molecule has 0 bridgehead atoms. The normalized spacial score (nSPS) is 18.8. The minimum Gasteiger partial charge on any atom is -0.396 e. The lowest BCUT2D eigenvalue weighted by molar-refractivity contribution is -0.0774. The van der Waals surface area contributed by atoms with Crippen LogP contribution in [0.5, 0.6) is 0 Å². The molecule has 0 saturated heterocycles. The number of hydrogen-bond acceptors (Lipinski definition) is 4. The summed E-state index contributed by atoms with van der Waals surface area (Å²) in [7, 11) is 0. The predicted octanol–water partition coefficient (Wildman–Crippen LogP) is -0.747. The summed E-state index contributed by atoms with van der Waals surface area (Å²) < 4.78 is 0. The van der Waals surface area contributed by atoms with E-state index in [1.165, 1.54) is 6.92 Å². The van der Waals surface area contributed by atoms with Gasteiger partial charge in [-0.05, 0) is 26.2 Å². The second-order valence-electron chi connectivity index (χ2n) is 3.21. The van der Waals surface area contributed by atoms with Crippen molar-refractivity contribution in [1.29, 1.82) is 0 Å². The molecule has 0 aliphatic rings. The third kappa shape index (κ3) is 4.01. The molecule has 0 spiro atoms. The Kier molecular flexibility index (Phi) is 5.41. The fraction of sp³-hybridized carbons (Fsp3) is 1.00. The molecule has 12 heavy (non-hydrogen) atoms. The van der Waals surface area contributed by atoms with E-state index in [4.69, 9.17) is 10.2 Å². The van der Waals surface area contributed by atoms with Crippen LogP contribution in [-0.2, 0) is 0 Å². The molecule has 4 heteroatoms. The van der Waals surface area contributed by atoms with Crippen LogP contribution in [0.4, 0.5) is 0 Å². The Bertz CT molecular complexity index is 114. The second-order valence-corrected chi connectivity index (χ2v) is 3.21. The van der Waals surface area contributed by atoms with Gasteiger partial charge in [0.2, 0.25) is 0 Å².